The second-order valence-electron chi connectivity index (χ2n) is 4.52. The molecule has 0 aliphatic rings. The van der Waals surface area contributed by atoms with Crippen LogP contribution in [0, 0.1) is 5.82 Å². The molecule has 1 aromatic heterocycles. The van der Waals surface area contributed by atoms with Crippen molar-refractivity contribution in [1.82, 2.24) is 9.13 Å². The molecule has 0 radical (unpaired) electrons. The first-order valence-electron chi connectivity index (χ1n) is 6.38. The normalized spacial score (nSPS) is 10.9. The fraction of sp³-hybridized carbons (Fsp3) is 0.357. The van der Waals surface area contributed by atoms with Crippen molar-refractivity contribution in [3.05, 3.63) is 58.0 Å². The Hall–Kier alpha value is -1.88. The largest absolute Gasteiger partial charge is 0.328 e. The van der Waals surface area contributed by atoms with Gasteiger partial charge in [0.25, 0.3) is 0 Å². The topological polar surface area (TPSA) is 52.9 Å². The highest BCUT2D eigenvalue weighted by Gasteiger charge is 2.07. The molecule has 1 heterocycles. The zero-order chi connectivity index (χ0) is 13.8. The van der Waals surface area contributed by atoms with E-state index in [1.165, 1.54) is 12.1 Å². The molecule has 5 heteroatoms. The van der Waals surface area contributed by atoms with E-state index in [0.717, 1.165) is 17.5 Å². The van der Waals surface area contributed by atoms with Crippen molar-refractivity contribution < 1.29 is 4.39 Å². The lowest BCUT2D eigenvalue weighted by molar-refractivity contribution is 0.611. The lowest BCUT2D eigenvalue weighted by atomic mass is 10.1. The van der Waals surface area contributed by atoms with Crippen LogP contribution in [-0.4, -0.2) is 9.13 Å². The number of nitrogens with zero attached hydrogens (tertiary/aromatic N) is 2. The van der Waals surface area contributed by atoms with Gasteiger partial charge >= 0.3 is 5.69 Å². The van der Waals surface area contributed by atoms with Crippen molar-refractivity contribution in [1.29, 1.82) is 0 Å². The number of imidazole rings is 1. The lowest BCUT2D eigenvalue weighted by Gasteiger charge is -2.08. The van der Waals surface area contributed by atoms with Gasteiger partial charge in [-0.15, -0.1) is 0 Å². The molecule has 0 saturated carbocycles. The molecule has 0 aliphatic heterocycles. The van der Waals surface area contributed by atoms with Gasteiger partial charge in [0.2, 0.25) is 0 Å². The summed E-state index contributed by atoms with van der Waals surface area (Å²) in [4.78, 5) is 12.0. The number of hydrogen-bond donors (Lipinski definition) is 1. The van der Waals surface area contributed by atoms with Gasteiger partial charge in [0, 0.05) is 25.5 Å². The Balaban J connectivity index is 2.31. The molecule has 0 amide bonds. The van der Waals surface area contributed by atoms with Crippen molar-refractivity contribution in [3.63, 3.8) is 0 Å². The quantitative estimate of drug-likeness (QED) is 0.892. The van der Waals surface area contributed by atoms with Gasteiger partial charge in [-0.05, 0) is 29.7 Å². The fourth-order valence-electron chi connectivity index (χ4n) is 2.11. The minimum atomic E-state index is -0.312. The van der Waals surface area contributed by atoms with Crippen LogP contribution in [0.15, 0.2) is 35.4 Å². The summed E-state index contributed by atoms with van der Waals surface area (Å²) >= 11 is 0. The number of nitrogens with two attached hydrogens (primary N) is 1. The van der Waals surface area contributed by atoms with Gasteiger partial charge < -0.3 is 5.73 Å². The highest BCUT2D eigenvalue weighted by atomic mass is 19.1. The number of aryl methyl sites for hydroxylation is 1. The SMILES string of the molecule is CCCn1ccn(Cc2cc(F)ccc2CN)c1=O. The van der Waals surface area contributed by atoms with E-state index in [1.807, 2.05) is 6.92 Å². The van der Waals surface area contributed by atoms with Crippen LogP contribution in [0.5, 0.6) is 0 Å². The Morgan fingerprint density at radius 1 is 1.21 bits per heavy atom. The summed E-state index contributed by atoms with van der Waals surface area (Å²) in [5, 5.41) is 0. The summed E-state index contributed by atoms with van der Waals surface area (Å²) in [6, 6.07) is 4.49. The van der Waals surface area contributed by atoms with Crippen molar-refractivity contribution >= 4 is 0 Å². The maximum absolute atomic E-state index is 13.3. The van der Waals surface area contributed by atoms with E-state index in [-0.39, 0.29) is 11.5 Å². The summed E-state index contributed by atoms with van der Waals surface area (Å²) < 4.78 is 16.5. The molecule has 4 nitrogen and oxygen atoms in total. The second kappa shape index (κ2) is 5.84. The Labute approximate surface area is 111 Å². The molecule has 0 bridgehead atoms. The van der Waals surface area contributed by atoms with Crippen LogP contribution in [0.3, 0.4) is 0 Å². The molecule has 2 aromatic rings. The van der Waals surface area contributed by atoms with E-state index in [4.69, 9.17) is 5.73 Å². The van der Waals surface area contributed by atoms with Crippen molar-refractivity contribution in [2.75, 3.05) is 0 Å². The van der Waals surface area contributed by atoms with Gasteiger partial charge in [-0.3, -0.25) is 9.13 Å². The van der Waals surface area contributed by atoms with Crippen LogP contribution in [-0.2, 0) is 19.6 Å². The number of benzene rings is 1. The molecular formula is C14H18FN3O. The molecule has 0 atom stereocenters. The number of rotatable bonds is 5. The first-order chi connectivity index (χ1) is 9.15. The zero-order valence-corrected chi connectivity index (χ0v) is 11.0. The highest BCUT2D eigenvalue weighted by molar-refractivity contribution is 5.28. The van der Waals surface area contributed by atoms with E-state index >= 15 is 0 Å². The smallest absolute Gasteiger partial charge is 0.326 e. The first-order valence-corrected chi connectivity index (χ1v) is 6.38. The molecule has 0 unspecified atom stereocenters. The molecule has 102 valence electrons. The standard InChI is InChI=1S/C14H18FN3O/c1-2-5-17-6-7-18(14(17)19)10-12-8-13(15)4-3-11(12)9-16/h3-4,6-8H,2,5,9-10,16H2,1H3. The Bertz CT molecular complexity index is 615. The summed E-state index contributed by atoms with van der Waals surface area (Å²) in [6.07, 6.45) is 4.38. The van der Waals surface area contributed by atoms with E-state index in [0.29, 0.717) is 19.6 Å². The second-order valence-corrected chi connectivity index (χ2v) is 4.52. The minimum absolute atomic E-state index is 0.0749. The van der Waals surface area contributed by atoms with E-state index in [9.17, 15) is 9.18 Å². The Kier molecular flexibility index (Phi) is 4.16. The van der Waals surface area contributed by atoms with E-state index in [2.05, 4.69) is 0 Å². The minimum Gasteiger partial charge on any atom is -0.326 e. The highest BCUT2D eigenvalue weighted by Crippen LogP contribution is 2.12. The predicted molar refractivity (Wildman–Crippen MR) is 72.4 cm³/mol. The summed E-state index contributed by atoms with van der Waals surface area (Å²) in [5.41, 5.74) is 7.16. The molecule has 2 rings (SSSR count). The molecule has 19 heavy (non-hydrogen) atoms. The van der Waals surface area contributed by atoms with Crippen LogP contribution in [0.1, 0.15) is 24.5 Å². The first kappa shape index (κ1) is 13.5. The molecular weight excluding hydrogens is 245 g/mol. The van der Waals surface area contributed by atoms with E-state index < -0.39 is 0 Å². The van der Waals surface area contributed by atoms with Gasteiger partial charge in [-0.2, -0.15) is 0 Å². The molecule has 2 N–H and O–H groups in total. The van der Waals surface area contributed by atoms with Gasteiger partial charge in [0.05, 0.1) is 6.54 Å². The van der Waals surface area contributed by atoms with Crippen LogP contribution < -0.4 is 11.4 Å². The third-order valence-corrected chi connectivity index (χ3v) is 3.11. The zero-order valence-electron chi connectivity index (χ0n) is 11.0. The fourth-order valence-corrected chi connectivity index (χ4v) is 2.11. The third-order valence-electron chi connectivity index (χ3n) is 3.11. The van der Waals surface area contributed by atoms with Crippen LogP contribution in [0.4, 0.5) is 4.39 Å². The average molecular weight is 263 g/mol. The third kappa shape index (κ3) is 2.93. The van der Waals surface area contributed by atoms with Gasteiger partial charge in [0.15, 0.2) is 0 Å². The lowest BCUT2D eigenvalue weighted by Crippen LogP contribution is -2.24. The van der Waals surface area contributed by atoms with Crippen LogP contribution >= 0.6 is 0 Å². The summed E-state index contributed by atoms with van der Waals surface area (Å²) in [7, 11) is 0. The van der Waals surface area contributed by atoms with Crippen molar-refractivity contribution in [3.8, 4) is 0 Å². The van der Waals surface area contributed by atoms with Gasteiger partial charge in [0.1, 0.15) is 5.82 Å². The van der Waals surface area contributed by atoms with Crippen LogP contribution in [0.2, 0.25) is 0 Å². The molecule has 0 aliphatic carbocycles. The van der Waals surface area contributed by atoms with Gasteiger partial charge in [-0.25, -0.2) is 9.18 Å². The molecule has 0 fully saturated rings. The Morgan fingerprint density at radius 3 is 2.63 bits per heavy atom. The molecule has 0 saturated heterocycles. The monoisotopic (exact) mass is 263 g/mol. The Morgan fingerprint density at radius 2 is 1.95 bits per heavy atom. The van der Waals surface area contributed by atoms with Gasteiger partial charge in [-0.1, -0.05) is 13.0 Å². The maximum atomic E-state index is 13.3. The number of aromatic nitrogens is 2. The van der Waals surface area contributed by atoms with Crippen molar-refractivity contribution in [2.45, 2.75) is 33.0 Å². The average Bonchev–Trinajstić information content (AvgIpc) is 2.73. The molecule has 1 aromatic carbocycles. The van der Waals surface area contributed by atoms with Crippen LogP contribution in [0.25, 0.3) is 0 Å². The number of hydrogen-bond acceptors (Lipinski definition) is 2. The summed E-state index contributed by atoms with van der Waals surface area (Å²) in [5.74, 6) is -0.312. The van der Waals surface area contributed by atoms with E-state index in [1.54, 1.807) is 27.6 Å². The summed E-state index contributed by atoms with van der Waals surface area (Å²) in [6.45, 7) is 3.39. The molecule has 0 spiro atoms. The number of halogens is 1. The predicted octanol–water partition coefficient (Wildman–Crippen LogP) is 1.71. The van der Waals surface area contributed by atoms with Crippen molar-refractivity contribution in [2.24, 2.45) is 5.73 Å². The maximum Gasteiger partial charge on any atom is 0.328 e.